The Kier molecular flexibility index (Phi) is 3.94. The van der Waals surface area contributed by atoms with Crippen LogP contribution in [0, 0.1) is 18.6 Å². The van der Waals surface area contributed by atoms with Gasteiger partial charge in [-0.15, -0.1) is 0 Å². The van der Waals surface area contributed by atoms with E-state index in [-0.39, 0.29) is 5.69 Å². The van der Waals surface area contributed by atoms with Gasteiger partial charge in [-0.25, -0.2) is 8.78 Å². The van der Waals surface area contributed by atoms with E-state index in [1.54, 1.807) is 19.1 Å². The molecule has 0 unspecified atom stereocenters. The summed E-state index contributed by atoms with van der Waals surface area (Å²) in [5.74, 6) is -1.50. The van der Waals surface area contributed by atoms with Crippen molar-refractivity contribution in [1.29, 1.82) is 0 Å². The van der Waals surface area contributed by atoms with E-state index in [9.17, 15) is 13.6 Å². The molecule has 0 spiro atoms. The van der Waals surface area contributed by atoms with E-state index in [1.807, 2.05) is 4.90 Å². The van der Waals surface area contributed by atoms with Crippen LogP contribution in [-0.4, -0.2) is 30.9 Å². The van der Waals surface area contributed by atoms with Gasteiger partial charge in [0.1, 0.15) is 5.69 Å². The summed E-state index contributed by atoms with van der Waals surface area (Å²) < 4.78 is 35.2. The molecule has 4 nitrogen and oxygen atoms in total. The molecule has 6 heteroatoms. The summed E-state index contributed by atoms with van der Waals surface area (Å²) >= 11 is 0. The van der Waals surface area contributed by atoms with Crippen LogP contribution in [0.4, 0.5) is 14.5 Å². The van der Waals surface area contributed by atoms with Crippen molar-refractivity contribution < 1.29 is 13.5 Å². The van der Waals surface area contributed by atoms with Gasteiger partial charge in [0, 0.05) is 30.5 Å². The van der Waals surface area contributed by atoms with E-state index in [0.717, 1.165) is 4.57 Å². The van der Waals surface area contributed by atoms with Crippen molar-refractivity contribution in [3.8, 4) is 5.69 Å². The summed E-state index contributed by atoms with van der Waals surface area (Å²) in [6.07, 6.45) is 0. The zero-order valence-electron chi connectivity index (χ0n) is 12.2. The molecule has 1 aliphatic rings. The lowest BCUT2D eigenvalue weighted by atomic mass is 10.2. The van der Waals surface area contributed by atoms with Crippen molar-refractivity contribution in [2.45, 2.75) is 6.92 Å². The van der Waals surface area contributed by atoms with Crippen LogP contribution in [0.3, 0.4) is 0 Å². The molecular weight excluding hydrogens is 290 g/mol. The lowest BCUT2D eigenvalue weighted by molar-refractivity contribution is 0.122. The topological polar surface area (TPSA) is 34.5 Å². The Bertz CT molecular complexity index is 729. The predicted molar refractivity (Wildman–Crippen MR) is 79.7 cm³/mol. The number of anilines is 1. The molecule has 0 atom stereocenters. The number of hydrogen-bond acceptors (Lipinski definition) is 3. The summed E-state index contributed by atoms with van der Waals surface area (Å²) in [6, 6.07) is 7.01. The number of aryl methyl sites for hydroxylation is 1. The van der Waals surface area contributed by atoms with E-state index in [2.05, 4.69) is 0 Å². The number of morpholine rings is 1. The highest BCUT2D eigenvalue weighted by Crippen LogP contribution is 2.25. The molecule has 0 amide bonds. The molecule has 2 aromatic rings. The third-order valence-electron chi connectivity index (χ3n) is 3.75. The third-order valence-corrected chi connectivity index (χ3v) is 3.75. The van der Waals surface area contributed by atoms with Crippen molar-refractivity contribution in [2.24, 2.45) is 0 Å². The Labute approximate surface area is 126 Å². The monoisotopic (exact) mass is 306 g/mol. The molecule has 1 fully saturated rings. The summed E-state index contributed by atoms with van der Waals surface area (Å²) in [4.78, 5) is 13.8. The number of ether oxygens (including phenoxy) is 1. The second-order valence-electron chi connectivity index (χ2n) is 5.20. The highest BCUT2D eigenvalue weighted by molar-refractivity contribution is 5.53. The molecule has 0 bridgehead atoms. The van der Waals surface area contributed by atoms with E-state index < -0.39 is 17.2 Å². The van der Waals surface area contributed by atoms with Crippen LogP contribution in [0.15, 0.2) is 35.1 Å². The van der Waals surface area contributed by atoms with Crippen molar-refractivity contribution >= 4 is 5.69 Å². The Morgan fingerprint density at radius 1 is 1.09 bits per heavy atom. The van der Waals surface area contributed by atoms with Crippen LogP contribution in [0.1, 0.15) is 5.69 Å². The number of halogens is 2. The Morgan fingerprint density at radius 2 is 1.73 bits per heavy atom. The molecule has 0 aliphatic carbocycles. The molecule has 116 valence electrons. The molecule has 3 rings (SSSR count). The standard InChI is InChI=1S/C16H16F2N2O2/c1-11-3-2-4-15(21)20(11)16-13(17)9-12(10-14(16)18)19-5-7-22-8-6-19/h2-4,9-10H,5-8H2,1H3. The number of benzene rings is 1. The lowest BCUT2D eigenvalue weighted by Gasteiger charge is -2.29. The minimum Gasteiger partial charge on any atom is -0.378 e. The van der Waals surface area contributed by atoms with Gasteiger partial charge in [0.25, 0.3) is 5.56 Å². The summed E-state index contributed by atoms with van der Waals surface area (Å²) in [5.41, 5.74) is 0.144. The molecule has 0 saturated carbocycles. The smallest absolute Gasteiger partial charge is 0.255 e. The highest BCUT2D eigenvalue weighted by Gasteiger charge is 2.19. The fourth-order valence-corrected chi connectivity index (χ4v) is 2.65. The van der Waals surface area contributed by atoms with Crippen LogP contribution in [0.2, 0.25) is 0 Å². The van der Waals surface area contributed by atoms with Crippen molar-refractivity contribution in [3.05, 3.63) is 58.0 Å². The first-order valence-corrected chi connectivity index (χ1v) is 7.09. The van der Waals surface area contributed by atoms with Gasteiger partial charge in [-0.05, 0) is 25.1 Å². The number of hydrogen-bond donors (Lipinski definition) is 0. The van der Waals surface area contributed by atoms with Gasteiger partial charge in [0.15, 0.2) is 11.6 Å². The molecule has 1 aliphatic heterocycles. The van der Waals surface area contributed by atoms with E-state index in [4.69, 9.17) is 4.74 Å². The highest BCUT2D eigenvalue weighted by atomic mass is 19.1. The van der Waals surface area contributed by atoms with Gasteiger partial charge in [-0.3, -0.25) is 9.36 Å². The molecule has 1 aromatic carbocycles. The average molecular weight is 306 g/mol. The normalized spacial score (nSPS) is 15.1. The van der Waals surface area contributed by atoms with Gasteiger partial charge in [-0.2, -0.15) is 0 Å². The van der Waals surface area contributed by atoms with E-state index in [0.29, 0.717) is 37.7 Å². The van der Waals surface area contributed by atoms with Crippen LogP contribution >= 0.6 is 0 Å². The fraction of sp³-hybridized carbons (Fsp3) is 0.312. The van der Waals surface area contributed by atoms with Crippen LogP contribution in [0.25, 0.3) is 5.69 Å². The number of aromatic nitrogens is 1. The molecule has 22 heavy (non-hydrogen) atoms. The maximum atomic E-state index is 14.5. The Balaban J connectivity index is 2.09. The quantitative estimate of drug-likeness (QED) is 0.853. The first-order chi connectivity index (χ1) is 10.6. The number of rotatable bonds is 2. The lowest BCUT2D eigenvalue weighted by Crippen LogP contribution is -2.36. The van der Waals surface area contributed by atoms with Gasteiger partial charge >= 0.3 is 0 Å². The van der Waals surface area contributed by atoms with Crippen LogP contribution < -0.4 is 10.5 Å². The summed E-state index contributed by atoms with van der Waals surface area (Å²) in [5, 5.41) is 0. The second kappa shape index (κ2) is 5.88. The largest absolute Gasteiger partial charge is 0.378 e. The molecule has 2 heterocycles. The average Bonchev–Trinajstić information content (AvgIpc) is 2.50. The third kappa shape index (κ3) is 2.62. The van der Waals surface area contributed by atoms with Crippen molar-refractivity contribution in [3.63, 3.8) is 0 Å². The van der Waals surface area contributed by atoms with Crippen LogP contribution in [-0.2, 0) is 4.74 Å². The summed E-state index contributed by atoms with van der Waals surface area (Å²) in [6.45, 7) is 3.87. The van der Waals surface area contributed by atoms with Gasteiger partial charge in [-0.1, -0.05) is 6.07 Å². The Hall–Kier alpha value is -2.21. The minimum atomic E-state index is -0.752. The van der Waals surface area contributed by atoms with E-state index in [1.165, 1.54) is 18.2 Å². The fourth-order valence-electron chi connectivity index (χ4n) is 2.65. The molecule has 0 N–H and O–H groups in total. The van der Waals surface area contributed by atoms with Gasteiger partial charge < -0.3 is 9.64 Å². The molecule has 0 radical (unpaired) electrons. The maximum absolute atomic E-state index is 14.5. The molecular formula is C16H16F2N2O2. The second-order valence-corrected chi connectivity index (χ2v) is 5.20. The Morgan fingerprint density at radius 3 is 2.32 bits per heavy atom. The molecule has 1 saturated heterocycles. The first kappa shape index (κ1) is 14.7. The van der Waals surface area contributed by atoms with Gasteiger partial charge in [0.05, 0.1) is 13.2 Å². The zero-order valence-corrected chi connectivity index (χ0v) is 12.2. The van der Waals surface area contributed by atoms with Crippen molar-refractivity contribution in [2.75, 3.05) is 31.2 Å². The molecule has 1 aromatic heterocycles. The SMILES string of the molecule is Cc1cccc(=O)n1-c1c(F)cc(N2CCOCC2)cc1F. The van der Waals surface area contributed by atoms with E-state index >= 15 is 0 Å². The maximum Gasteiger partial charge on any atom is 0.255 e. The number of nitrogens with zero attached hydrogens (tertiary/aromatic N) is 2. The predicted octanol–water partition coefficient (Wildman–Crippen LogP) is 2.26. The first-order valence-electron chi connectivity index (χ1n) is 7.09. The van der Waals surface area contributed by atoms with Crippen LogP contribution in [0.5, 0.6) is 0 Å². The summed E-state index contributed by atoms with van der Waals surface area (Å²) in [7, 11) is 0. The number of pyridine rings is 1. The van der Waals surface area contributed by atoms with Gasteiger partial charge in [0.2, 0.25) is 0 Å². The zero-order chi connectivity index (χ0) is 15.7. The van der Waals surface area contributed by atoms with Crippen molar-refractivity contribution in [1.82, 2.24) is 4.57 Å². The minimum absolute atomic E-state index is 0.333.